The fourth-order valence-corrected chi connectivity index (χ4v) is 1.57. The van der Waals surface area contributed by atoms with Crippen LogP contribution in [0.1, 0.15) is 35.6 Å². The van der Waals surface area contributed by atoms with Gasteiger partial charge in [-0.25, -0.2) is 13.6 Å². The molecule has 0 heterocycles. The summed E-state index contributed by atoms with van der Waals surface area (Å²) in [5.74, 6) is -2.65. The molecule has 0 saturated heterocycles. The number of carboxylic acid groups (broad SMARTS) is 2. The van der Waals surface area contributed by atoms with Crippen molar-refractivity contribution in [2.45, 2.75) is 25.4 Å². The Morgan fingerprint density at radius 3 is 2.16 bits per heavy atom. The van der Waals surface area contributed by atoms with Crippen molar-refractivity contribution in [3.8, 4) is 0 Å². The Bertz CT molecular complexity index is 487. The summed E-state index contributed by atoms with van der Waals surface area (Å²) in [7, 11) is 0. The normalized spacial score (nSPS) is 12.4. The van der Waals surface area contributed by atoms with Crippen LogP contribution in [0.4, 0.5) is 8.78 Å². The van der Waals surface area contributed by atoms with Crippen molar-refractivity contribution in [1.82, 2.24) is 0 Å². The lowest BCUT2D eigenvalue weighted by molar-refractivity contribution is -0.147. The van der Waals surface area contributed by atoms with Gasteiger partial charge in [-0.2, -0.15) is 0 Å². The highest BCUT2D eigenvalue weighted by Crippen LogP contribution is 2.25. The van der Waals surface area contributed by atoms with Crippen LogP contribution in [0.2, 0.25) is 0 Å². The summed E-state index contributed by atoms with van der Waals surface area (Å²) in [5, 5.41) is 26.5. The molecule has 0 radical (unpaired) electrons. The largest absolute Gasteiger partial charge is 0.481 e. The minimum absolute atomic E-state index is 0.0186. The molecule has 0 aliphatic rings. The summed E-state index contributed by atoms with van der Waals surface area (Å²) in [4.78, 5) is 21.1. The van der Waals surface area contributed by atoms with Gasteiger partial charge in [0.1, 0.15) is 0 Å². The Kier molecular flexibility index (Phi) is 4.94. The molecule has 0 aliphatic heterocycles. The summed E-state index contributed by atoms with van der Waals surface area (Å²) in [5.41, 5.74) is -0.389. The number of aliphatic hydroxyl groups excluding tert-OH is 1. The smallest absolute Gasteiger partial charge is 0.337 e. The molecule has 0 aliphatic carbocycles. The van der Waals surface area contributed by atoms with Crippen molar-refractivity contribution in [1.29, 1.82) is 0 Å². The van der Waals surface area contributed by atoms with Gasteiger partial charge in [0, 0.05) is 12.0 Å². The number of aliphatic carboxylic acids is 2. The molecule has 0 fully saturated rings. The molecule has 1 aromatic carbocycles. The number of alkyl halides is 2. The Morgan fingerprint density at radius 2 is 1.68 bits per heavy atom. The van der Waals surface area contributed by atoms with Gasteiger partial charge in [-0.1, -0.05) is 12.1 Å². The van der Waals surface area contributed by atoms with Crippen molar-refractivity contribution < 1.29 is 33.7 Å². The standard InChI is InChI=1S/C12H12F2O5/c13-11(14)8-4-6(1-2-9(15)16)3-7(5-8)10(17)12(18)19/h3-5,10-11,17H,1-2H2,(H,15,16)(H,18,19). The van der Waals surface area contributed by atoms with Crippen LogP contribution >= 0.6 is 0 Å². The van der Waals surface area contributed by atoms with E-state index < -0.39 is 30.0 Å². The van der Waals surface area contributed by atoms with E-state index in [1.165, 1.54) is 6.07 Å². The van der Waals surface area contributed by atoms with Crippen LogP contribution in [0, 0.1) is 0 Å². The molecule has 5 nitrogen and oxygen atoms in total. The van der Waals surface area contributed by atoms with Gasteiger partial charge in [0.25, 0.3) is 6.43 Å². The van der Waals surface area contributed by atoms with Crippen molar-refractivity contribution in [2.75, 3.05) is 0 Å². The predicted molar refractivity (Wildman–Crippen MR) is 60.0 cm³/mol. The number of halogens is 2. The maximum atomic E-state index is 12.6. The van der Waals surface area contributed by atoms with Crippen molar-refractivity contribution in [3.05, 3.63) is 34.9 Å². The molecule has 1 unspecified atom stereocenters. The highest BCUT2D eigenvalue weighted by atomic mass is 19.3. The first kappa shape index (κ1) is 15.0. The lowest BCUT2D eigenvalue weighted by Crippen LogP contribution is -2.11. The van der Waals surface area contributed by atoms with Gasteiger partial charge < -0.3 is 15.3 Å². The van der Waals surface area contributed by atoms with Crippen LogP contribution in [-0.2, 0) is 16.0 Å². The maximum Gasteiger partial charge on any atom is 0.337 e. The van der Waals surface area contributed by atoms with Gasteiger partial charge in [-0.05, 0) is 23.6 Å². The van der Waals surface area contributed by atoms with Gasteiger partial charge in [0.15, 0.2) is 6.10 Å². The summed E-state index contributed by atoms with van der Waals surface area (Å²) < 4.78 is 25.3. The predicted octanol–water partition coefficient (Wildman–Crippen LogP) is 1.76. The van der Waals surface area contributed by atoms with Crippen molar-refractivity contribution >= 4 is 11.9 Å². The number of carboxylic acids is 2. The number of aryl methyl sites for hydroxylation is 1. The zero-order valence-electron chi connectivity index (χ0n) is 9.72. The summed E-state index contributed by atoms with van der Waals surface area (Å²) in [6.45, 7) is 0. The highest BCUT2D eigenvalue weighted by Gasteiger charge is 2.19. The number of aliphatic hydroxyl groups is 1. The van der Waals surface area contributed by atoms with Crippen LogP contribution in [0.3, 0.4) is 0 Å². The van der Waals surface area contributed by atoms with Crippen LogP contribution in [0.15, 0.2) is 18.2 Å². The second-order valence-electron chi connectivity index (χ2n) is 3.94. The van der Waals surface area contributed by atoms with E-state index in [4.69, 9.17) is 10.2 Å². The fourth-order valence-electron chi connectivity index (χ4n) is 1.57. The van der Waals surface area contributed by atoms with E-state index in [1.54, 1.807) is 0 Å². The lowest BCUT2D eigenvalue weighted by Gasteiger charge is -2.11. The first-order valence-electron chi connectivity index (χ1n) is 5.36. The second-order valence-corrected chi connectivity index (χ2v) is 3.94. The maximum absolute atomic E-state index is 12.6. The first-order valence-corrected chi connectivity index (χ1v) is 5.36. The third-order valence-corrected chi connectivity index (χ3v) is 2.47. The number of benzene rings is 1. The molecular weight excluding hydrogens is 262 g/mol. The van der Waals surface area contributed by atoms with E-state index in [0.717, 1.165) is 12.1 Å². The quantitative estimate of drug-likeness (QED) is 0.734. The molecule has 1 rings (SSSR count). The highest BCUT2D eigenvalue weighted by molar-refractivity contribution is 5.74. The number of hydrogen-bond acceptors (Lipinski definition) is 3. The average Bonchev–Trinajstić information content (AvgIpc) is 2.34. The SMILES string of the molecule is O=C(O)CCc1cc(C(F)F)cc(C(O)C(=O)O)c1. The zero-order chi connectivity index (χ0) is 14.6. The van der Waals surface area contributed by atoms with E-state index in [2.05, 4.69) is 0 Å². The minimum Gasteiger partial charge on any atom is -0.481 e. The van der Waals surface area contributed by atoms with E-state index in [-0.39, 0.29) is 24.0 Å². The average molecular weight is 274 g/mol. The van der Waals surface area contributed by atoms with E-state index in [9.17, 15) is 23.5 Å². The first-order chi connectivity index (χ1) is 8.81. The van der Waals surface area contributed by atoms with Crippen LogP contribution < -0.4 is 0 Å². The minimum atomic E-state index is -2.83. The molecular formula is C12H12F2O5. The summed E-state index contributed by atoms with van der Waals surface area (Å²) >= 11 is 0. The van der Waals surface area contributed by atoms with E-state index in [0.29, 0.717) is 0 Å². The number of rotatable bonds is 6. The Labute approximate surface area is 107 Å². The van der Waals surface area contributed by atoms with Gasteiger partial charge in [-0.3, -0.25) is 4.79 Å². The molecule has 7 heteroatoms. The number of hydrogen-bond donors (Lipinski definition) is 3. The molecule has 0 aromatic heterocycles. The molecule has 3 N–H and O–H groups in total. The molecule has 0 saturated carbocycles. The molecule has 0 spiro atoms. The zero-order valence-corrected chi connectivity index (χ0v) is 9.72. The monoisotopic (exact) mass is 274 g/mol. The van der Waals surface area contributed by atoms with Crippen LogP contribution in [0.5, 0.6) is 0 Å². The van der Waals surface area contributed by atoms with Gasteiger partial charge >= 0.3 is 11.9 Å². The topological polar surface area (TPSA) is 94.8 Å². The fraction of sp³-hybridized carbons (Fsp3) is 0.333. The molecule has 104 valence electrons. The van der Waals surface area contributed by atoms with Crippen molar-refractivity contribution in [2.24, 2.45) is 0 Å². The second kappa shape index (κ2) is 6.24. The van der Waals surface area contributed by atoms with E-state index in [1.807, 2.05) is 0 Å². The van der Waals surface area contributed by atoms with Gasteiger partial charge in [0.05, 0.1) is 0 Å². The molecule has 0 amide bonds. The van der Waals surface area contributed by atoms with Crippen LogP contribution in [0.25, 0.3) is 0 Å². The number of carbonyl (C=O) groups is 2. The Hall–Kier alpha value is -2.02. The molecule has 0 bridgehead atoms. The third kappa shape index (κ3) is 4.29. The lowest BCUT2D eigenvalue weighted by atomic mass is 9.99. The van der Waals surface area contributed by atoms with Crippen molar-refractivity contribution in [3.63, 3.8) is 0 Å². The molecule has 1 atom stereocenters. The Morgan fingerprint density at radius 1 is 1.11 bits per heavy atom. The Balaban J connectivity index is 3.10. The van der Waals surface area contributed by atoms with Gasteiger partial charge in [-0.15, -0.1) is 0 Å². The summed E-state index contributed by atoms with van der Waals surface area (Å²) in [6, 6.07) is 3.22. The van der Waals surface area contributed by atoms with E-state index >= 15 is 0 Å². The molecule has 1 aromatic rings. The molecule has 19 heavy (non-hydrogen) atoms. The van der Waals surface area contributed by atoms with Gasteiger partial charge in [0.2, 0.25) is 0 Å². The summed E-state index contributed by atoms with van der Waals surface area (Å²) in [6.07, 6.45) is -5.03. The third-order valence-electron chi connectivity index (χ3n) is 2.47. The van der Waals surface area contributed by atoms with Crippen LogP contribution in [-0.4, -0.2) is 27.3 Å².